The number of carbonyl (C=O) groups is 1. The maximum absolute atomic E-state index is 12.7. The Hall–Kier alpha value is -3.73. The SMILES string of the molecule is N#CCc1ccc(-c2cc3cc(/C=C/C(=O)O)ccc3[nH]2)cc1OC(F)(F)F. The summed E-state index contributed by atoms with van der Waals surface area (Å²) in [6.45, 7) is 0. The number of fused-ring (bicyclic) bond motifs is 1. The number of alkyl halides is 3. The van der Waals surface area contributed by atoms with Crippen LogP contribution < -0.4 is 4.74 Å². The van der Waals surface area contributed by atoms with Crippen LogP contribution in [-0.4, -0.2) is 22.4 Å². The number of aromatic nitrogens is 1. The molecule has 2 N–H and O–H groups in total. The molecular weight excluding hydrogens is 373 g/mol. The van der Waals surface area contributed by atoms with Crippen molar-refractivity contribution in [1.29, 1.82) is 5.26 Å². The lowest BCUT2D eigenvalue weighted by Crippen LogP contribution is -2.18. The zero-order valence-corrected chi connectivity index (χ0v) is 14.2. The highest BCUT2D eigenvalue weighted by molar-refractivity contribution is 5.90. The van der Waals surface area contributed by atoms with Crippen molar-refractivity contribution in [3.05, 3.63) is 59.7 Å². The minimum absolute atomic E-state index is 0.140. The normalized spacial score (nSPS) is 11.6. The van der Waals surface area contributed by atoms with Gasteiger partial charge in [-0.25, -0.2) is 4.79 Å². The lowest BCUT2D eigenvalue weighted by molar-refractivity contribution is -0.274. The summed E-state index contributed by atoms with van der Waals surface area (Å²) in [6.07, 6.45) is -2.61. The minimum atomic E-state index is -4.87. The number of rotatable bonds is 5. The van der Waals surface area contributed by atoms with Crippen molar-refractivity contribution in [2.24, 2.45) is 0 Å². The van der Waals surface area contributed by atoms with E-state index in [9.17, 15) is 18.0 Å². The molecule has 8 heteroatoms. The molecule has 3 aromatic rings. The molecule has 0 aliphatic carbocycles. The summed E-state index contributed by atoms with van der Waals surface area (Å²) in [7, 11) is 0. The number of nitrogens with zero attached hydrogens (tertiary/aromatic N) is 1. The number of nitriles is 1. The van der Waals surface area contributed by atoms with Gasteiger partial charge >= 0.3 is 12.3 Å². The van der Waals surface area contributed by atoms with Crippen molar-refractivity contribution >= 4 is 22.9 Å². The summed E-state index contributed by atoms with van der Waals surface area (Å²) in [5.74, 6) is -1.49. The van der Waals surface area contributed by atoms with Crippen LogP contribution in [0.25, 0.3) is 28.2 Å². The second kappa shape index (κ2) is 7.48. The van der Waals surface area contributed by atoms with Crippen molar-refractivity contribution < 1.29 is 27.8 Å². The Balaban J connectivity index is 2.00. The highest BCUT2D eigenvalue weighted by atomic mass is 19.4. The summed E-state index contributed by atoms with van der Waals surface area (Å²) in [6, 6.07) is 13.0. The van der Waals surface area contributed by atoms with E-state index in [2.05, 4.69) is 9.72 Å². The highest BCUT2D eigenvalue weighted by Gasteiger charge is 2.32. The number of carboxylic acid groups (broad SMARTS) is 1. The third-order valence-electron chi connectivity index (χ3n) is 3.94. The number of hydrogen-bond acceptors (Lipinski definition) is 3. The van der Waals surface area contributed by atoms with Crippen LogP contribution in [0.15, 0.2) is 48.5 Å². The van der Waals surface area contributed by atoms with Crippen LogP contribution in [0.5, 0.6) is 5.75 Å². The predicted octanol–water partition coefficient (Wildman–Crippen LogP) is 4.90. The van der Waals surface area contributed by atoms with E-state index in [0.29, 0.717) is 16.8 Å². The smallest absolute Gasteiger partial charge is 0.478 e. The van der Waals surface area contributed by atoms with Gasteiger partial charge in [0.2, 0.25) is 0 Å². The molecule has 1 aromatic heterocycles. The Morgan fingerprint density at radius 1 is 1.21 bits per heavy atom. The number of ether oxygens (including phenoxy) is 1. The molecule has 0 radical (unpaired) electrons. The first-order chi connectivity index (χ1) is 13.2. The largest absolute Gasteiger partial charge is 0.573 e. The second-order valence-corrected chi connectivity index (χ2v) is 5.91. The summed E-state index contributed by atoms with van der Waals surface area (Å²) in [5, 5.41) is 18.3. The van der Waals surface area contributed by atoms with Crippen LogP contribution in [0.1, 0.15) is 11.1 Å². The fourth-order valence-corrected chi connectivity index (χ4v) is 2.75. The van der Waals surface area contributed by atoms with Crippen molar-refractivity contribution in [2.45, 2.75) is 12.8 Å². The van der Waals surface area contributed by atoms with E-state index in [1.54, 1.807) is 30.3 Å². The minimum Gasteiger partial charge on any atom is -0.478 e. The molecular formula is C20H13F3N2O3. The average molecular weight is 386 g/mol. The molecule has 0 saturated heterocycles. The lowest BCUT2D eigenvalue weighted by Gasteiger charge is -2.13. The van der Waals surface area contributed by atoms with Gasteiger partial charge in [0.1, 0.15) is 5.75 Å². The van der Waals surface area contributed by atoms with Crippen LogP contribution in [0.2, 0.25) is 0 Å². The number of carboxylic acids is 1. The molecule has 28 heavy (non-hydrogen) atoms. The maximum Gasteiger partial charge on any atom is 0.573 e. The Morgan fingerprint density at radius 3 is 2.68 bits per heavy atom. The van der Waals surface area contributed by atoms with Crippen molar-refractivity contribution in [2.75, 3.05) is 0 Å². The first-order valence-corrected chi connectivity index (χ1v) is 8.05. The number of halogens is 3. The lowest BCUT2D eigenvalue weighted by atomic mass is 10.1. The van der Waals surface area contributed by atoms with Gasteiger partial charge in [0.15, 0.2) is 0 Å². The van der Waals surface area contributed by atoms with Gasteiger partial charge in [0.05, 0.1) is 12.5 Å². The molecule has 0 saturated carbocycles. The molecule has 0 spiro atoms. The Labute approximate surface area is 157 Å². The van der Waals surface area contributed by atoms with Crippen LogP contribution in [-0.2, 0) is 11.2 Å². The molecule has 0 aliphatic heterocycles. The van der Waals surface area contributed by atoms with Gasteiger partial charge in [0.25, 0.3) is 0 Å². The Morgan fingerprint density at radius 2 is 2.00 bits per heavy atom. The Kier molecular flexibility index (Phi) is 5.09. The molecule has 142 valence electrons. The molecule has 3 rings (SSSR count). The molecule has 0 aliphatic rings. The van der Waals surface area contributed by atoms with Gasteiger partial charge in [-0.05, 0) is 35.9 Å². The highest BCUT2D eigenvalue weighted by Crippen LogP contribution is 2.33. The summed E-state index contributed by atoms with van der Waals surface area (Å²) in [5.41, 5.74) is 2.57. The molecule has 2 aromatic carbocycles. The van der Waals surface area contributed by atoms with Crippen molar-refractivity contribution in [3.63, 3.8) is 0 Å². The van der Waals surface area contributed by atoms with Gasteiger partial charge in [0, 0.05) is 33.8 Å². The molecule has 5 nitrogen and oxygen atoms in total. The summed E-state index contributed by atoms with van der Waals surface area (Å²) < 4.78 is 42.1. The van der Waals surface area contributed by atoms with Crippen LogP contribution >= 0.6 is 0 Å². The van der Waals surface area contributed by atoms with Gasteiger partial charge in [-0.2, -0.15) is 5.26 Å². The monoisotopic (exact) mass is 386 g/mol. The van der Waals surface area contributed by atoms with Gasteiger partial charge in [-0.15, -0.1) is 13.2 Å². The van der Waals surface area contributed by atoms with Crippen LogP contribution in [0, 0.1) is 11.3 Å². The standard InChI is InChI=1S/C20H13F3N2O3/c21-20(22,23)28-18-11-14(4-3-13(18)7-8-24)17-10-15-9-12(2-6-19(26)27)1-5-16(15)25-17/h1-6,9-11,25H,7H2,(H,26,27)/b6-2+. The number of aliphatic carboxylic acids is 1. The number of aromatic amines is 1. The molecule has 1 heterocycles. The van der Waals surface area contributed by atoms with Crippen molar-refractivity contribution in [1.82, 2.24) is 4.98 Å². The molecule has 0 atom stereocenters. The molecule has 0 fully saturated rings. The van der Waals surface area contributed by atoms with Gasteiger partial charge in [-0.3, -0.25) is 0 Å². The van der Waals surface area contributed by atoms with Gasteiger partial charge < -0.3 is 14.8 Å². The van der Waals surface area contributed by atoms with E-state index < -0.39 is 18.1 Å². The molecule has 0 unspecified atom stereocenters. The summed E-state index contributed by atoms with van der Waals surface area (Å²) >= 11 is 0. The first-order valence-electron chi connectivity index (χ1n) is 8.05. The van der Waals surface area contributed by atoms with Gasteiger partial charge in [-0.1, -0.05) is 18.2 Å². The van der Waals surface area contributed by atoms with E-state index in [0.717, 1.165) is 17.0 Å². The first kappa shape index (κ1) is 19.0. The zero-order valence-electron chi connectivity index (χ0n) is 14.2. The van der Waals surface area contributed by atoms with Crippen LogP contribution in [0.4, 0.5) is 13.2 Å². The van der Waals surface area contributed by atoms with E-state index in [-0.39, 0.29) is 12.0 Å². The fourth-order valence-electron chi connectivity index (χ4n) is 2.75. The van der Waals surface area contributed by atoms with E-state index >= 15 is 0 Å². The molecule has 0 amide bonds. The van der Waals surface area contributed by atoms with Crippen molar-refractivity contribution in [3.8, 4) is 23.1 Å². The number of nitrogens with one attached hydrogen (secondary N) is 1. The topological polar surface area (TPSA) is 86.1 Å². The van der Waals surface area contributed by atoms with Crippen LogP contribution in [0.3, 0.4) is 0 Å². The Bertz CT molecular complexity index is 1110. The quantitative estimate of drug-likeness (QED) is 0.611. The number of hydrogen-bond donors (Lipinski definition) is 2. The zero-order chi connectivity index (χ0) is 20.3. The summed E-state index contributed by atoms with van der Waals surface area (Å²) in [4.78, 5) is 13.7. The van der Waals surface area contributed by atoms with E-state index in [1.165, 1.54) is 18.2 Å². The fraction of sp³-hybridized carbons (Fsp3) is 0.100. The number of benzene rings is 2. The molecule has 0 bridgehead atoms. The van der Waals surface area contributed by atoms with E-state index in [4.69, 9.17) is 10.4 Å². The maximum atomic E-state index is 12.7. The van der Waals surface area contributed by atoms with E-state index in [1.807, 2.05) is 6.07 Å². The third-order valence-corrected chi connectivity index (χ3v) is 3.94. The third kappa shape index (κ3) is 4.51. The average Bonchev–Trinajstić information content (AvgIpc) is 3.03. The number of H-pyrrole nitrogens is 1. The predicted molar refractivity (Wildman–Crippen MR) is 96.4 cm³/mol. The second-order valence-electron chi connectivity index (χ2n) is 5.91.